The number of aryl methyl sites for hydroxylation is 1. The summed E-state index contributed by atoms with van der Waals surface area (Å²) in [6.45, 7) is -0.0766. The van der Waals surface area contributed by atoms with Crippen LogP contribution in [-0.2, 0) is 6.42 Å². The van der Waals surface area contributed by atoms with Crippen molar-refractivity contribution >= 4 is 12.6 Å². The predicted octanol–water partition coefficient (Wildman–Crippen LogP) is 1.56. The third-order valence-corrected chi connectivity index (χ3v) is 3.88. The summed E-state index contributed by atoms with van der Waals surface area (Å²) in [5.74, 6) is 0.390. The number of fused-ring (bicyclic) bond motifs is 1. The lowest BCUT2D eigenvalue weighted by atomic mass is 9.97. The van der Waals surface area contributed by atoms with Crippen LogP contribution >= 0.6 is 12.6 Å². The molecular formula is C13H17FO3S. The zero-order valence-corrected chi connectivity index (χ0v) is 10.8. The molecular weight excluding hydrogens is 255 g/mol. The normalized spacial score (nSPS) is 21.9. The van der Waals surface area contributed by atoms with Crippen LogP contribution in [0, 0.1) is 5.82 Å². The van der Waals surface area contributed by atoms with E-state index >= 15 is 0 Å². The number of hydrogen-bond acceptors (Lipinski definition) is 4. The van der Waals surface area contributed by atoms with Crippen LogP contribution in [0.15, 0.2) is 18.2 Å². The van der Waals surface area contributed by atoms with Crippen LogP contribution < -0.4 is 4.74 Å². The molecule has 0 amide bonds. The van der Waals surface area contributed by atoms with Gasteiger partial charge in [-0.15, -0.1) is 0 Å². The van der Waals surface area contributed by atoms with Gasteiger partial charge in [0.2, 0.25) is 0 Å². The van der Waals surface area contributed by atoms with Crippen LogP contribution in [0.2, 0.25) is 0 Å². The summed E-state index contributed by atoms with van der Waals surface area (Å²) in [5.41, 5.74) is 0.850. The molecule has 0 aliphatic carbocycles. The van der Waals surface area contributed by atoms with Crippen LogP contribution in [0.3, 0.4) is 0 Å². The molecule has 1 aliphatic rings. The summed E-state index contributed by atoms with van der Waals surface area (Å²) in [4.78, 5) is 0. The molecule has 18 heavy (non-hydrogen) atoms. The first kappa shape index (κ1) is 13.6. The third kappa shape index (κ3) is 2.96. The monoisotopic (exact) mass is 272 g/mol. The number of benzene rings is 1. The van der Waals surface area contributed by atoms with Crippen molar-refractivity contribution in [3.05, 3.63) is 29.6 Å². The van der Waals surface area contributed by atoms with E-state index in [0.717, 1.165) is 5.56 Å². The molecule has 0 bridgehead atoms. The van der Waals surface area contributed by atoms with Crippen LogP contribution in [-0.4, -0.2) is 34.3 Å². The Kier molecular flexibility index (Phi) is 4.48. The summed E-state index contributed by atoms with van der Waals surface area (Å²) in [6, 6.07) is 4.44. The highest BCUT2D eigenvalue weighted by Gasteiger charge is 2.30. The fourth-order valence-corrected chi connectivity index (χ4v) is 2.53. The van der Waals surface area contributed by atoms with Gasteiger partial charge in [0.1, 0.15) is 17.7 Å². The maximum atomic E-state index is 13.0. The van der Waals surface area contributed by atoms with Gasteiger partial charge in [0.15, 0.2) is 0 Å². The van der Waals surface area contributed by atoms with E-state index in [1.807, 2.05) is 0 Å². The molecule has 0 radical (unpaired) electrons. The van der Waals surface area contributed by atoms with Crippen molar-refractivity contribution in [1.29, 1.82) is 0 Å². The average Bonchev–Trinajstić information content (AvgIpc) is 2.37. The molecule has 3 nitrogen and oxygen atoms in total. The van der Waals surface area contributed by atoms with Gasteiger partial charge < -0.3 is 14.9 Å². The molecule has 100 valence electrons. The lowest BCUT2D eigenvalue weighted by Crippen LogP contribution is -2.39. The van der Waals surface area contributed by atoms with Gasteiger partial charge in [0.25, 0.3) is 0 Å². The summed E-state index contributed by atoms with van der Waals surface area (Å²) in [5, 5.41) is 18.2. The maximum Gasteiger partial charge on any atom is 0.123 e. The minimum atomic E-state index is -0.703. The smallest absolute Gasteiger partial charge is 0.123 e. The zero-order chi connectivity index (χ0) is 13.1. The second-order valence-corrected chi connectivity index (χ2v) is 5.11. The number of halogens is 1. The first-order valence-corrected chi connectivity index (χ1v) is 6.55. The first-order chi connectivity index (χ1) is 8.61. The van der Waals surface area contributed by atoms with Crippen molar-refractivity contribution in [1.82, 2.24) is 0 Å². The molecule has 1 aromatic carbocycles. The SMILES string of the molecule is OCCC(O)C(S)[C@@H]1CCc2cc(F)ccc2O1. The molecule has 3 atom stereocenters. The lowest BCUT2D eigenvalue weighted by molar-refractivity contribution is 0.0742. The molecule has 2 unspecified atom stereocenters. The molecule has 1 aliphatic heterocycles. The van der Waals surface area contributed by atoms with Gasteiger partial charge in [-0.2, -0.15) is 12.6 Å². The fraction of sp³-hybridized carbons (Fsp3) is 0.538. The number of rotatable bonds is 4. The van der Waals surface area contributed by atoms with E-state index in [-0.39, 0.29) is 30.2 Å². The average molecular weight is 272 g/mol. The van der Waals surface area contributed by atoms with Gasteiger partial charge in [-0.1, -0.05) is 0 Å². The van der Waals surface area contributed by atoms with Crippen LogP contribution in [0.25, 0.3) is 0 Å². The van der Waals surface area contributed by atoms with E-state index in [4.69, 9.17) is 9.84 Å². The minimum absolute atomic E-state index is 0.0766. The van der Waals surface area contributed by atoms with E-state index in [1.54, 1.807) is 6.07 Å². The summed E-state index contributed by atoms with van der Waals surface area (Å²) in [7, 11) is 0. The topological polar surface area (TPSA) is 49.7 Å². The Labute approximate surface area is 111 Å². The van der Waals surface area contributed by atoms with Crippen LogP contribution in [0.1, 0.15) is 18.4 Å². The Hall–Kier alpha value is -0.780. The molecule has 0 fully saturated rings. The maximum absolute atomic E-state index is 13.0. The van der Waals surface area contributed by atoms with E-state index in [0.29, 0.717) is 18.6 Å². The summed E-state index contributed by atoms with van der Waals surface area (Å²) < 4.78 is 18.8. The van der Waals surface area contributed by atoms with E-state index in [1.165, 1.54) is 12.1 Å². The molecule has 0 saturated carbocycles. The van der Waals surface area contributed by atoms with E-state index in [2.05, 4.69) is 12.6 Å². The fourth-order valence-electron chi connectivity index (χ4n) is 2.17. The number of thiol groups is 1. The molecule has 0 spiro atoms. The first-order valence-electron chi connectivity index (χ1n) is 6.04. The molecule has 0 saturated heterocycles. The number of aliphatic hydroxyl groups is 2. The predicted molar refractivity (Wildman–Crippen MR) is 69.6 cm³/mol. The van der Waals surface area contributed by atoms with Gasteiger partial charge in [-0.05, 0) is 43.0 Å². The van der Waals surface area contributed by atoms with Crippen LogP contribution in [0.5, 0.6) is 5.75 Å². The summed E-state index contributed by atoms with van der Waals surface area (Å²) >= 11 is 4.35. The quantitative estimate of drug-likeness (QED) is 0.729. The lowest BCUT2D eigenvalue weighted by Gasteiger charge is -2.32. The van der Waals surface area contributed by atoms with Crippen molar-refractivity contribution in [2.75, 3.05) is 6.61 Å². The van der Waals surface area contributed by atoms with Crippen molar-refractivity contribution in [3.63, 3.8) is 0 Å². The van der Waals surface area contributed by atoms with Gasteiger partial charge in [-0.3, -0.25) is 0 Å². The largest absolute Gasteiger partial charge is 0.489 e. The zero-order valence-electron chi connectivity index (χ0n) is 9.92. The highest BCUT2D eigenvalue weighted by atomic mass is 32.1. The van der Waals surface area contributed by atoms with Crippen molar-refractivity contribution in [2.45, 2.75) is 36.7 Å². The second kappa shape index (κ2) is 5.91. The third-order valence-electron chi connectivity index (χ3n) is 3.20. The summed E-state index contributed by atoms with van der Waals surface area (Å²) in [6.07, 6.45) is 0.760. The molecule has 1 heterocycles. The van der Waals surface area contributed by atoms with Crippen molar-refractivity contribution in [3.8, 4) is 5.75 Å². The highest BCUT2D eigenvalue weighted by molar-refractivity contribution is 7.81. The standard InChI is InChI=1S/C13H17FO3S/c14-9-2-4-11-8(7-9)1-3-12(17-11)13(18)10(16)5-6-15/h2,4,7,10,12-13,15-16,18H,1,3,5-6H2/t10?,12-,13?/m0/s1. The number of hydrogen-bond donors (Lipinski definition) is 3. The Balaban J connectivity index is 2.05. The van der Waals surface area contributed by atoms with E-state index < -0.39 is 6.10 Å². The Morgan fingerprint density at radius 1 is 1.50 bits per heavy atom. The Bertz CT molecular complexity index is 413. The van der Waals surface area contributed by atoms with Gasteiger partial charge in [0.05, 0.1) is 11.4 Å². The van der Waals surface area contributed by atoms with Crippen molar-refractivity contribution < 1.29 is 19.3 Å². The van der Waals surface area contributed by atoms with Gasteiger partial charge in [0, 0.05) is 6.61 Å². The van der Waals surface area contributed by atoms with Crippen LogP contribution in [0.4, 0.5) is 4.39 Å². The highest BCUT2D eigenvalue weighted by Crippen LogP contribution is 2.31. The molecule has 5 heteroatoms. The van der Waals surface area contributed by atoms with Gasteiger partial charge >= 0.3 is 0 Å². The Morgan fingerprint density at radius 2 is 2.28 bits per heavy atom. The van der Waals surface area contributed by atoms with Gasteiger partial charge in [-0.25, -0.2) is 4.39 Å². The molecule has 0 aromatic heterocycles. The number of ether oxygens (including phenoxy) is 1. The molecule has 2 N–H and O–H groups in total. The number of aliphatic hydroxyl groups excluding tert-OH is 2. The second-order valence-electron chi connectivity index (χ2n) is 4.52. The minimum Gasteiger partial charge on any atom is -0.489 e. The van der Waals surface area contributed by atoms with E-state index in [9.17, 15) is 9.50 Å². The molecule has 2 rings (SSSR count). The van der Waals surface area contributed by atoms with Crippen molar-refractivity contribution in [2.24, 2.45) is 0 Å². The Morgan fingerprint density at radius 3 is 3.00 bits per heavy atom. The molecule has 1 aromatic rings.